The van der Waals surface area contributed by atoms with E-state index in [1.165, 1.54) is 11.3 Å². The molecule has 0 unspecified atom stereocenters. The summed E-state index contributed by atoms with van der Waals surface area (Å²) in [5, 5.41) is 13.4. The minimum absolute atomic E-state index is 0.257. The van der Waals surface area contributed by atoms with Crippen molar-refractivity contribution in [2.45, 2.75) is 51.9 Å². The van der Waals surface area contributed by atoms with Crippen molar-refractivity contribution in [1.29, 1.82) is 0 Å². The van der Waals surface area contributed by atoms with Gasteiger partial charge in [0.15, 0.2) is 0 Å². The van der Waals surface area contributed by atoms with Crippen LogP contribution in [0, 0.1) is 18.8 Å². The van der Waals surface area contributed by atoms with Crippen molar-refractivity contribution in [3.05, 3.63) is 39.7 Å². The third-order valence-electron chi connectivity index (χ3n) is 5.86. The van der Waals surface area contributed by atoms with Crippen molar-refractivity contribution >= 4 is 45.8 Å². The highest BCUT2D eigenvalue weighted by Gasteiger charge is 2.55. The third kappa shape index (κ3) is 4.14. The molecule has 0 radical (unpaired) electrons. The largest absolute Gasteiger partial charge is 0.481 e. The molecule has 0 spiro atoms. The lowest BCUT2D eigenvalue weighted by Gasteiger charge is -2.23. The summed E-state index contributed by atoms with van der Waals surface area (Å²) in [7, 11) is 0. The van der Waals surface area contributed by atoms with E-state index in [0.29, 0.717) is 28.4 Å². The van der Waals surface area contributed by atoms with Gasteiger partial charge in [-0.25, -0.2) is 4.79 Å². The molecule has 0 aliphatic carbocycles. The minimum Gasteiger partial charge on any atom is -0.481 e. The topological polar surface area (TPSA) is 102 Å². The van der Waals surface area contributed by atoms with E-state index in [1.54, 1.807) is 38.1 Å². The van der Waals surface area contributed by atoms with E-state index in [4.69, 9.17) is 21.1 Å². The Kier molecular flexibility index (Phi) is 6.29. The first-order chi connectivity index (χ1) is 15.2. The first kappa shape index (κ1) is 22.8. The average molecular weight is 478 g/mol. The molecule has 2 bridgehead atoms. The molecule has 7 nitrogen and oxygen atoms in total. The summed E-state index contributed by atoms with van der Waals surface area (Å²) in [4.78, 5) is 38.8. The number of thiophene rings is 1. The smallest absolute Gasteiger partial charge is 0.342 e. The molecule has 2 aliphatic heterocycles. The van der Waals surface area contributed by atoms with Gasteiger partial charge in [0.1, 0.15) is 10.6 Å². The van der Waals surface area contributed by atoms with Crippen molar-refractivity contribution in [2.75, 3.05) is 5.32 Å². The van der Waals surface area contributed by atoms with Gasteiger partial charge >= 0.3 is 11.9 Å². The number of carbonyl (C=O) groups excluding carboxylic acids is 2. The van der Waals surface area contributed by atoms with Crippen LogP contribution in [0.2, 0.25) is 5.02 Å². The predicted molar refractivity (Wildman–Crippen MR) is 121 cm³/mol. The van der Waals surface area contributed by atoms with E-state index < -0.39 is 41.9 Å². The number of aryl methyl sites for hydroxylation is 1. The van der Waals surface area contributed by atoms with Gasteiger partial charge in [0.2, 0.25) is 5.91 Å². The van der Waals surface area contributed by atoms with Crippen molar-refractivity contribution in [1.82, 2.24) is 0 Å². The zero-order valence-electron chi connectivity index (χ0n) is 17.9. The molecule has 170 valence electrons. The Morgan fingerprint density at radius 3 is 2.38 bits per heavy atom. The van der Waals surface area contributed by atoms with E-state index >= 15 is 0 Å². The molecule has 0 saturated carbocycles. The number of nitrogens with one attached hydrogen (secondary N) is 1. The Balaban J connectivity index is 1.71. The molecular weight excluding hydrogens is 454 g/mol. The van der Waals surface area contributed by atoms with Crippen LogP contribution in [0.1, 0.15) is 41.9 Å². The quantitative estimate of drug-likeness (QED) is 0.581. The fraction of sp³-hybridized carbons (Fsp3) is 0.435. The molecule has 2 aliphatic rings. The van der Waals surface area contributed by atoms with Gasteiger partial charge in [-0.05, 0) is 51.3 Å². The van der Waals surface area contributed by atoms with Gasteiger partial charge in [-0.3, -0.25) is 9.59 Å². The standard InChI is InChI=1S/C23H24ClNO6S/c1-10(2)30-23(29)19-16(12-4-6-13(24)7-5-12)11(3)32-21(19)25-20(26)17-14-8-9-15(31-14)18(17)22(27)28/h4-7,10,14-15,17-18H,8-9H2,1-3H3,(H,25,26)(H,27,28)/t14-,15-,17-,18-/m1/s1. The number of carboxylic acid groups (broad SMARTS) is 1. The summed E-state index contributed by atoms with van der Waals surface area (Å²) in [6.07, 6.45) is 0.0572. The van der Waals surface area contributed by atoms with Crippen LogP contribution in [-0.4, -0.2) is 41.3 Å². The third-order valence-corrected chi connectivity index (χ3v) is 7.13. The molecule has 9 heteroatoms. The summed E-state index contributed by atoms with van der Waals surface area (Å²) >= 11 is 7.28. The first-order valence-corrected chi connectivity index (χ1v) is 11.7. The molecule has 2 N–H and O–H groups in total. The summed E-state index contributed by atoms with van der Waals surface area (Å²) < 4.78 is 11.2. The van der Waals surface area contributed by atoms with Crippen LogP contribution >= 0.6 is 22.9 Å². The van der Waals surface area contributed by atoms with Crippen molar-refractivity contribution < 1.29 is 29.0 Å². The lowest BCUT2D eigenvalue weighted by atomic mass is 9.78. The highest BCUT2D eigenvalue weighted by molar-refractivity contribution is 7.17. The fourth-order valence-electron chi connectivity index (χ4n) is 4.58. The number of aliphatic carboxylic acids is 1. The number of carbonyl (C=O) groups is 3. The number of halogens is 1. The van der Waals surface area contributed by atoms with E-state index in [2.05, 4.69) is 5.32 Å². The van der Waals surface area contributed by atoms with Gasteiger partial charge in [0.25, 0.3) is 0 Å². The van der Waals surface area contributed by atoms with Gasteiger partial charge in [-0.1, -0.05) is 23.7 Å². The molecule has 32 heavy (non-hydrogen) atoms. The highest BCUT2D eigenvalue weighted by Crippen LogP contribution is 2.46. The molecule has 2 fully saturated rings. The monoisotopic (exact) mass is 477 g/mol. The van der Waals surface area contributed by atoms with Crippen LogP contribution in [-0.2, 0) is 19.1 Å². The normalized spacial score (nSPS) is 24.0. The van der Waals surface area contributed by atoms with Crippen LogP contribution in [0.3, 0.4) is 0 Å². The van der Waals surface area contributed by atoms with Crippen molar-refractivity contribution in [2.24, 2.45) is 11.8 Å². The molecule has 1 aromatic carbocycles. The number of hydrogen-bond donors (Lipinski definition) is 2. The predicted octanol–water partition coefficient (Wildman–Crippen LogP) is 4.76. The number of benzene rings is 1. The second-order valence-electron chi connectivity index (χ2n) is 8.37. The minimum atomic E-state index is -1.04. The summed E-state index contributed by atoms with van der Waals surface area (Å²) in [6, 6.07) is 7.07. The van der Waals surface area contributed by atoms with Crippen LogP contribution < -0.4 is 5.32 Å². The van der Waals surface area contributed by atoms with E-state index in [9.17, 15) is 19.5 Å². The molecule has 4 rings (SSSR count). The Morgan fingerprint density at radius 1 is 1.16 bits per heavy atom. The number of fused-ring (bicyclic) bond motifs is 2. The maximum atomic E-state index is 13.2. The van der Waals surface area contributed by atoms with Gasteiger partial charge in [0, 0.05) is 15.5 Å². The molecule has 1 amide bonds. The second-order valence-corrected chi connectivity index (χ2v) is 10.0. The van der Waals surface area contributed by atoms with E-state index in [1.807, 2.05) is 6.92 Å². The lowest BCUT2D eigenvalue weighted by molar-refractivity contribution is -0.147. The number of ether oxygens (including phenoxy) is 2. The molecule has 3 heterocycles. The zero-order chi connectivity index (χ0) is 23.2. The number of rotatable bonds is 6. The lowest BCUT2D eigenvalue weighted by Crippen LogP contribution is -2.41. The Hall–Kier alpha value is -2.42. The Bertz CT molecular complexity index is 1060. The highest BCUT2D eigenvalue weighted by atomic mass is 35.5. The maximum absolute atomic E-state index is 13.2. The average Bonchev–Trinajstić information content (AvgIpc) is 3.41. The number of hydrogen-bond acceptors (Lipinski definition) is 6. The van der Waals surface area contributed by atoms with Crippen LogP contribution in [0.4, 0.5) is 5.00 Å². The number of amides is 1. The van der Waals surface area contributed by atoms with Crippen molar-refractivity contribution in [3.8, 4) is 11.1 Å². The van der Waals surface area contributed by atoms with Crippen molar-refractivity contribution in [3.63, 3.8) is 0 Å². The molecule has 4 atom stereocenters. The number of carboxylic acids is 1. The second kappa shape index (κ2) is 8.84. The summed E-state index contributed by atoms with van der Waals surface area (Å²) in [5.74, 6) is -3.74. The fourth-order valence-corrected chi connectivity index (χ4v) is 5.78. The van der Waals surface area contributed by atoms with Gasteiger partial charge in [-0.2, -0.15) is 0 Å². The van der Waals surface area contributed by atoms with E-state index in [-0.39, 0.29) is 11.7 Å². The summed E-state index contributed by atoms with van der Waals surface area (Å²) in [6.45, 7) is 5.36. The maximum Gasteiger partial charge on any atom is 0.342 e. The number of esters is 1. The van der Waals surface area contributed by atoms with Gasteiger partial charge in [-0.15, -0.1) is 11.3 Å². The Labute approximate surface area is 194 Å². The summed E-state index contributed by atoms with van der Waals surface area (Å²) in [5.41, 5.74) is 1.69. The Morgan fingerprint density at radius 2 is 1.78 bits per heavy atom. The van der Waals surface area contributed by atoms with Crippen LogP contribution in [0.5, 0.6) is 0 Å². The SMILES string of the molecule is Cc1sc(NC(=O)[C@H]2[C@H](C(=O)O)[C@H]3CC[C@H]2O3)c(C(=O)OC(C)C)c1-c1ccc(Cl)cc1. The van der Waals surface area contributed by atoms with Gasteiger partial charge in [0.05, 0.1) is 30.1 Å². The molecular formula is C23H24ClNO6S. The van der Waals surface area contributed by atoms with Gasteiger partial charge < -0.3 is 19.9 Å². The van der Waals surface area contributed by atoms with Crippen LogP contribution in [0.25, 0.3) is 11.1 Å². The zero-order valence-corrected chi connectivity index (χ0v) is 19.5. The van der Waals surface area contributed by atoms with Crippen LogP contribution in [0.15, 0.2) is 24.3 Å². The molecule has 2 aromatic rings. The van der Waals surface area contributed by atoms with E-state index in [0.717, 1.165) is 10.4 Å². The molecule has 2 saturated heterocycles. The number of anilines is 1. The first-order valence-electron chi connectivity index (χ1n) is 10.5. The molecule has 1 aromatic heterocycles.